The van der Waals surface area contributed by atoms with Crippen LogP contribution in [0.5, 0.6) is 0 Å². The maximum atomic E-state index is 10.6. The molecule has 0 spiro atoms. The van der Waals surface area contributed by atoms with E-state index in [1.807, 2.05) is 6.92 Å². The van der Waals surface area contributed by atoms with Crippen LogP contribution in [0.25, 0.3) is 0 Å². The lowest BCUT2D eigenvalue weighted by molar-refractivity contribution is -0.138. The van der Waals surface area contributed by atoms with E-state index in [9.17, 15) is 4.79 Å². The average Bonchev–Trinajstić information content (AvgIpc) is 2.62. The lowest BCUT2D eigenvalue weighted by Crippen LogP contribution is -2.34. The van der Waals surface area contributed by atoms with Gasteiger partial charge in [-0.1, -0.05) is 13.8 Å². The van der Waals surface area contributed by atoms with Crippen molar-refractivity contribution >= 4 is 5.97 Å². The molecule has 1 rings (SSSR count). The molecule has 1 aliphatic rings. The highest BCUT2D eigenvalue weighted by Gasteiger charge is 2.36. The highest BCUT2D eigenvalue weighted by molar-refractivity contribution is 5.67. The van der Waals surface area contributed by atoms with Gasteiger partial charge in [0, 0.05) is 12.6 Å². The normalized spacial score (nSPS) is 22.9. The fraction of sp³-hybridized carbons (Fsp3) is 0.917. The van der Waals surface area contributed by atoms with Crippen LogP contribution in [0, 0.1) is 5.41 Å². The van der Waals surface area contributed by atoms with E-state index >= 15 is 0 Å². The summed E-state index contributed by atoms with van der Waals surface area (Å²) >= 11 is 0. The monoisotopic (exact) mass is 213 g/mol. The molecule has 15 heavy (non-hydrogen) atoms. The van der Waals surface area contributed by atoms with Crippen LogP contribution < -0.4 is 0 Å². The van der Waals surface area contributed by atoms with E-state index < -0.39 is 5.97 Å². The minimum absolute atomic E-state index is 0.183. The molecule has 0 aliphatic carbocycles. The molecule has 0 amide bonds. The Labute approximate surface area is 92.5 Å². The quantitative estimate of drug-likeness (QED) is 0.762. The SMILES string of the molecule is CCC1(CC)CCN(C(C)CC(=O)O)C1. The topological polar surface area (TPSA) is 40.5 Å². The third kappa shape index (κ3) is 2.94. The lowest BCUT2D eigenvalue weighted by atomic mass is 9.82. The number of likely N-dealkylation sites (tertiary alicyclic amines) is 1. The Hall–Kier alpha value is -0.570. The van der Waals surface area contributed by atoms with E-state index in [1.165, 1.54) is 19.3 Å². The molecule has 1 aliphatic heterocycles. The van der Waals surface area contributed by atoms with Crippen molar-refractivity contribution in [2.24, 2.45) is 5.41 Å². The highest BCUT2D eigenvalue weighted by Crippen LogP contribution is 2.37. The Bertz CT molecular complexity index is 224. The van der Waals surface area contributed by atoms with E-state index in [1.54, 1.807) is 0 Å². The smallest absolute Gasteiger partial charge is 0.304 e. The van der Waals surface area contributed by atoms with Crippen LogP contribution in [0.3, 0.4) is 0 Å². The molecule has 1 fully saturated rings. The maximum Gasteiger partial charge on any atom is 0.304 e. The van der Waals surface area contributed by atoms with Crippen molar-refractivity contribution < 1.29 is 9.90 Å². The molecule has 3 nitrogen and oxygen atoms in total. The Kier molecular flexibility index (Phi) is 4.14. The molecule has 1 N–H and O–H groups in total. The van der Waals surface area contributed by atoms with Gasteiger partial charge in [-0.15, -0.1) is 0 Å². The molecular formula is C12H23NO2. The van der Waals surface area contributed by atoms with Gasteiger partial charge in [-0.3, -0.25) is 9.69 Å². The van der Waals surface area contributed by atoms with Crippen LogP contribution in [0.2, 0.25) is 0 Å². The summed E-state index contributed by atoms with van der Waals surface area (Å²) in [6, 6.07) is 0.183. The largest absolute Gasteiger partial charge is 0.481 e. The van der Waals surface area contributed by atoms with Gasteiger partial charge >= 0.3 is 5.97 Å². The molecular weight excluding hydrogens is 190 g/mol. The molecule has 0 radical (unpaired) electrons. The van der Waals surface area contributed by atoms with Crippen molar-refractivity contribution in [3.8, 4) is 0 Å². The summed E-state index contributed by atoms with van der Waals surface area (Å²) in [7, 11) is 0. The van der Waals surface area contributed by atoms with Crippen LogP contribution in [0.4, 0.5) is 0 Å². The summed E-state index contributed by atoms with van der Waals surface area (Å²) in [6.07, 6.45) is 3.91. The predicted octanol–water partition coefficient (Wildman–Crippen LogP) is 2.36. The predicted molar refractivity (Wildman–Crippen MR) is 60.9 cm³/mol. The van der Waals surface area contributed by atoms with Gasteiger partial charge in [0.05, 0.1) is 6.42 Å². The first-order valence-electron chi connectivity index (χ1n) is 5.99. The van der Waals surface area contributed by atoms with Gasteiger partial charge in [0.2, 0.25) is 0 Å². The van der Waals surface area contributed by atoms with E-state index in [-0.39, 0.29) is 12.5 Å². The molecule has 0 aromatic carbocycles. The molecule has 1 unspecified atom stereocenters. The molecule has 88 valence electrons. The second-order valence-corrected chi connectivity index (χ2v) is 4.87. The van der Waals surface area contributed by atoms with Gasteiger partial charge in [0.25, 0.3) is 0 Å². The minimum Gasteiger partial charge on any atom is -0.481 e. The zero-order chi connectivity index (χ0) is 11.5. The molecule has 1 atom stereocenters. The van der Waals surface area contributed by atoms with Gasteiger partial charge in [-0.25, -0.2) is 0 Å². The molecule has 0 aromatic heterocycles. The summed E-state index contributed by atoms with van der Waals surface area (Å²) in [4.78, 5) is 13.0. The van der Waals surface area contributed by atoms with Gasteiger partial charge in [0.1, 0.15) is 0 Å². The Balaban J connectivity index is 2.51. The van der Waals surface area contributed by atoms with Gasteiger partial charge in [-0.2, -0.15) is 0 Å². The van der Waals surface area contributed by atoms with Gasteiger partial charge < -0.3 is 5.11 Å². The van der Waals surface area contributed by atoms with Crippen LogP contribution in [-0.4, -0.2) is 35.1 Å². The van der Waals surface area contributed by atoms with Crippen molar-refractivity contribution in [3.63, 3.8) is 0 Å². The molecule has 3 heteroatoms. The third-order valence-electron chi connectivity index (χ3n) is 4.06. The number of hydrogen-bond acceptors (Lipinski definition) is 2. The second kappa shape index (κ2) is 4.97. The molecule has 1 heterocycles. The first kappa shape index (κ1) is 12.5. The van der Waals surface area contributed by atoms with Crippen molar-refractivity contribution in [1.29, 1.82) is 0 Å². The summed E-state index contributed by atoms with van der Waals surface area (Å²) in [5.74, 6) is -0.687. The number of carboxylic acid groups (broad SMARTS) is 1. The third-order valence-corrected chi connectivity index (χ3v) is 4.06. The standard InChI is InChI=1S/C12H23NO2/c1-4-12(5-2)6-7-13(9-12)10(3)8-11(14)15/h10H,4-9H2,1-3H3,(H,14,15). The van der Waals surface area contributed by atoms with E-state index in [0.717, 1.165) is 13.1 Å². The average molecular weight is 213 g/mol. The summed E-state index contributed by atoms with van der Waals surface area (Å²) in [5, 5.41) is 8.76. The fourth-order valence-corrected chi connectivity index (χ4v) is 2.55. The van der Waals surface area contributed by atoms with E-state index in [0.29, 0.717) is 5.41 Å². The number of aliphatic carboxylic acids is 1. The van der Waals surface area contributed by atoms with Crippen LogP contribution in [-0.2, 0) is 4.79 Å². The first-order valence-corrected chi connectivity index (χ1v) is 5.99. The zero-order valence-corrected chi connectivity index (χ0v) is 10.1. The summed E-state index contributed by atoms with van der Waals surface area (Å²) in [6.45, 7) is 8.66. The van der Waals surface area contributed by atoms with Crippen LogP contribution in [0.15, 0.2) is 0 Å². The van der Waals surface area contributed by atoms with Crippen molar-refractivity contribution in [3.05, 3.63) is 0 Å². The molecule has 1 saturated heterocycles. The summed E-state index contributed by atoms with van der Waals surface area (Å²) < 4.78 is 0. The number of nitrogens with zero attached hydrogens (tertiary/aromatic N) is 1. The van der Waals surface area contributed by atoms with Gasteiger partial charge in [-0.05, 0) is 38.1 Å². The molecule has 0 bridgehead atoms. The summed E-state index contributed by atoms with van der Waals surface area (Å²) in [5.41, 5.74) is 0.451. The minimum atomic E-state index is -0.687. The Morgan fingerprint density at radius 1 is 1.47 bits per heavy atom. The first-order chi connectivity index (χ1) is 7.03. The number of carbonyl (C=O) groups is 1. The van der Waals surface area contributed by atoms with Crippen LogP contribution in [0.1, 0.15) is 46.5 Å². The maximum absolute atomic E-state index is 10.6. The van der Waals surface area contributed by atoms with Crippen molar-refractivity contribution in [2.45, 2.75) is 52.5 Å². The van der Waals surface area contributed by atoms with E-state index in [2.05, 4.69) is 18.7 Å². The second-order valence-electron chi connectivity index (χ2n) is 4.87. The Morgan fingerprint density at radius 2 is 2.07 bits per heavy atom. The lowest BCUT2D eigenvalue weighted by Gasteiger charge is -2.28. The van der Waals surface area contributed by atoms with E-state index in [4.69, 9.17) is 5.11 Å². The fourth-order valence-electron chi connectivity index (χ4n) is 2.55. The van der Waals surface area contributed by atoms with Gasteiger partial charge in [0.15, 0.2) is 0 Å². The molecule has 0 saturated carbocycles. The van der Waals surface area contributed by atoms with Crippen LogP contribution >= 0.6 is 0 Å². The number of carboxylic acids is 1. The Morgan fingerprint density at radius 3 is 2.47 bits per heavy atom. The molecule has 0 aromatic rings. The number of hydrogen-bond donors (Lipinski definition) is 1. The highest BCUT2D eigenvalue weighted by atomic mass is 16.4. The van der Waals surface area contributed by atoms with Crippen molar-refractivity contribution in [2.75, 3.05) is 13.1 Å². The van der Waals surface area contributed by atoms with Crippen molar-refractivity contribution in [1.82, 2.24) is 4.90 Å². The zero-order valence-electron chi connectivity index (χ0n) is 10.1. The number of rotatable bonds is 5.